The number of amides is 2. The fourth-order valence-electron chi connectivity index (χ4n) is 4.38. The molecule has 0 radical (unpaired) electrons. The van der Waals surface area contributed by atoms with E-state index in [1.165, 1.54) is 6.26 Å². The third kappa shape index (κ3) is 4.18. The Kier molecular flexibility index (Phi) is 6.03. The van der Waals surface area contributed by atoms with E-state index in [1.54, 1.807) is 20.2 Å². The van der Waals surface area contributed by atoms with Gasteiger partial charge in [0.25, 0.3) is 5.91 Å². The summed E-state index contributed by atoms with van der Waals surface area (Å²) < 4.78 is 10.7. The van der Waals surface area contributed by atoms with E-state index in [2.05, 4.69) is 15.2 Å². The molecule has 2 saturated heterocycles. The number of likely N-dealkylation sites (tertiary alicyclic amines) is 2. The lowest BCUT2D eigenvalue weighted by Crippen LogP contribution is -2.44. The summed E-state index contributed by atoms with van der Waals surface area (Å²) in [5.41, 5.74) is 1.13. The average Bonchev–Trinajstić information content (AvgIpc) is 3.47. The predicted octanol–water partition coefficient (Wildman–Crippen LogP) is 1.94. The smallest absolute Gasteiger partial charge is 0.255 e. The molecule has 0 unspecified atom stereocenters. The lowest BCUT2D eigenvalue weighted by atomic mass is 10.1. The van der Waals surface area contributed by atoms with Gasteiger partial charge in [-0.2, -0.15) is 0 Å². The summed E-state index contributed by atoms with van der Waals surface area (Å²) in [6.07, 6.45) is 6.17. The van der Waals surface area contributed by atoms with E-state index in [9.17, 15) is 9.59 Å². The molecule has 1 aromatic carbocycles. The number of rotatable bonds is 6. The highest BCUT2D eigenvalue weighted by atomic mass is 16.5. The second-order valence-corrected chi connectivity index (χ2v) is 7.91. The number of benzene rings is 1. The number of hydrogen-bond donors (Lipinski definition) is 1. The normalized spacial score (nSPS) is 22.3. The molecule has 0 aliphatic carbocycles. The van der Waals surface area contributed by atoms with Gasteiger partial charge in [-0.1, -0.05) is 0 Å². The Morgan fingerprint density at radius 3 is 3.00 bits per heavy atom. The zero-order chi connectivity index (χ0) is 21.1. The van der Waals surface area contributed by atoms with Gasteiger partial charge in [0.1, 0.15) is 17.6 Å². The van der Waals surface area contributed by atoms with Crippen LogP contribution in [0.15, 0.2) is 33.9 Å². The van der Waals surface area contributed by atoms with E-state index in [-0.39, 0.29) is 23.9 Å². The van der Waals surface area contributed by atoms with Crippen molar-refractivity contribution in [2.75, 3.05) is 40.3 Å². The number of nitrogens with zero attached hydrogens (tertiary/aromatic N) is 3. The Hall–Kier alpha value is -2.87. The van der Waals surface area contributed by atoms with Crippen LogP contribution in [0.1, 0.15) is 29.6 Å². The van der Waals surface area contributed by atoms with Gasteiger partial charge >= 0.3 is 0 Å². The summed E-state index contributed by atoms with van der Waals surface area (Å²) in [6.45, 7) is 2.64. The van der Waals surface area contributed by atoms with Crippen molar-refractivity contribution in [1.29, 1.82) is 0 Å². The van der Waals surface area contributed by atoms with Crippen molar-refractivity contribution < 1.29 is 18.7 Å². The summed E-state index contributed by atoms with van der Waals surface area (Å²) >= 11 is 0. The first kappa shape index (κ1) is 20.4. The van der Waals surface area contributed by atoms with Crippen molar-refractivity contribution >= 4 is 29.0 Å². The molecule has 4 rings (SSSR count). The number of carbonyl (C=O) groups is 2. The number of ether oxygens (including phenoxy) is 1. The zero-order valence-electron chi connectivity index (χ0n) is 17.5. The number of fused-ring (bicyclic) bond motifs is 1. The first-order valence-corrected chi connectivity index (χ1v) is 10.4. The second-order valence-electron chi connectivity index (χ2n) is 7.91. The zero-order valence-corrected chi connectivity index (χ0v) is 17.5. The monoisotopic (exact) mass is 412 g/mol. The van der Waals surface area contributed by atoms with Gasteiger partial charge < -0.3 is 19.4 Å². The number of nitrogens with one attached hydrogen (secondary N) is 1. The maximum atomic E-state index is 12.8. The van der Waals surface area contributed by atoms with Crippen molar-refractivity contribution in [3.63, 3.8) is 0 Å². The van der Waals surface area contributed by atoms with Gasteiger partial charge in [-0.25, -0.2) is 0 Å². The summed E-state index contributed by atoms with van der Waals surface area (Å²) in [5, 5.41) is 3.85. The first-order valence-electron chi connectivity index (χ1n) is 10.4. The van der Waals surface area contributed by atoms with Crippen LogP contribution in [0.25, 0.3) is 11.0 Å². The van der Waals surface area contributed by atoms with Gasteiger partial charge in [0.2, 0.25) is 5.91 Å². The maximum absolute atomic E-state index is 12.8. The number of carbonyl (C=O) groups excluding carboxylic acids is 2. The van der Waals surface area contributed by atoms with Gasteiger partial charge in [0.15, 0.2) is 0 Å². The molecule has 30 heavy (non-hydrogen) atoms. The van der Waals surface area contributed by atoms with Crippen molar-refractivity contribution in [1.82, 2.24) is 15.1 Å². The van der Waals surface area contributed by atoms with Gasteiger partial charge in [-0.15, -0.1) is 0 Å². The minimum atomic E-state index is -0.157. The topological polar surface area (TPSA) is 87.4 Å². The van der Waals surface area contributed by atoms with E-state index >= 15 is 0 Å². The Balaban J connectivity index is 1.33. The van der Waals surface area contributed by atoms with Crippen LogP contribution in [0.2, 0.25) is 0 Å². The van der Waals surface area contributed by atoms with Crippen molar-refractivity contribution in [2.45, 2.75) is 31.3 Å². The van der Waals surface area contributed by atoms with E-state index in [0.29, 0.717) is 30.0 Å². The summed E-state index contributed by atoms with van der Waals surface area (Å²) in [7, 11) is 3.34. The molecule has 2 aliphatic heterocycles. The van der Waals surface area contributed by atoms with E-state index in [1.807, 2.05) is 23.2 Å². The van der Waals surface area contributed by atoms with Gasteiger partial charge in [-0.3, -0.25) is 19.5 Å². The van der Waals surface area contributed by atoms with Crippen molar-refractivity contribution in [3.05, 3.63) is 30.0 Å². The number of methoxy groups -OCH3 is 1. The minimum absolute atomic E-state index is 0.0140. The SMILES string of the molecule is CN=C[C@@H]1CCCN1C(=O)CN1CC[C@H](NC(=O)c2coc3cc(OC)ccc23)C1. The second kappa shape index (κ2) is 8.87. The molecule has 0 saturated carbocycles. The third-order valence-electron chi connectivity index (χ3n) is 5.93. The Bertz CT molecular complexity index is 954. The fraction of sp³-hybridized carbons (Fsp3) is 0.500. The van der Waals surface area contributed by atoms with Crippen LogP contribution in [0.3, 0.4) is 0 Å². The van der Waals surface area contributed by atoms with Crippen molar-refractivity contribution in [3.8, 4) is 5.75 Å². The number of aliphatic imine (C=N–C) groups is 1. The average molecular weight is 412 g/mol. The maximum Gasteiger partial charge on any atom is 0.255 e. The van der Waals surface area contributed by atoms with E-state index in [4.69, 9.17) is 9.15 Å². The molecule has 8 nitrogen and oxygen atoms in total. The highest BCUT2D eigenvalue weighted by Crippen LogP contribution is 2.26. The van der Waals surface area contributed by atoms with E-state index < -0.39 is 0 Å². The lowest BCUT2D eigenvalue weighted by Gasteiger charge is -2.24. The van der Waals surface area contributed by atoms with Crippen LogP contribution in [0.5, 0.6) is 5.75 Å². The van der Waals surface area contributed by atoms with Crippen LogP contribution in [0.4, 0.5) is 0 Å². The Morgan fingerprint density at radius 2 is 2.20 bits per heavy atom. The third-order valence-corrected chi connectivity index (χ3v) is 5.93. The molecular weight excluding hydrogens is 384 g/mol. The van der Waals surface area contributed by atoms with Crippen LogP contribution < -0.4 is 10.1 Å². The minimum Gasteiger partial charge on any atom is -0.497 e. The standard InChI is InChI=1S/C22H28N4O4/c1-23-11-16-4-3-8-26(16)21(27)13-25-9-7-15(12-25)24-22(28)19-14-30-20-10-17(29-2)5-6-18(19)20/h5-6,10-11,14-16H,3-4,7-9,12-13H2,1-2H3,(H,24,28)/t15-,16-/m0/s1. The molecule has 8 heteroatoms. The molecule has 2 fully saturated rings. The molecule has 1 N–H and O–H groups in total. The van der Waals surface area contributed by atoms with Gasteiger partial charge in [0.05, 0.1) is 25.3 Å². The summed E-state index contributed by atoms with van der Waals surface area (Å²) in [4.78, 5) is 33.6. The molecule has 0 bridgehead atoms. The fourth-order valence-corrected chi connectivity index (χ4v) is 4.38. The van der Waals surface area contributed by atoms with Gasteiger partial charge in [0, 0.05) is 50.4 Å². The molecule has 160 valence electrons. The summed E-state index contributed by atoms with van der Waals surface area (Å²) in [5.74, 6) is 0.667. The highest BCUT2D eigenvalue weighted by Gasteiger charge is 2.31. The highest BCUT2D eigenvalue weighted by molar-refractivity contribution is 6.06. The number of furan rings is 1. The molecular formula is C22H28N4O4. The Labute approximate surface area is 175 Å². The largest absolute Gasteiger partial charge is 0.497 e. The quantitative estimate of drug-likeness (QED) is 0.733. The number of hydrogen-bond acceptors (Lipinski definition) is 6. The van der Waals surface area contributed by atoms with E-state index in [0.717, 1.165) is 37.7 Å². The molecule has 3 heterocycles. The van der Waals surface area contributed by atoms with Gasteiger partial charge in [-0.05, 0) is 31.4 Å². The molecule has 0 spiro atoms. The van der Waals surface area contributed by atoms with Crippen LogP contribution in [-0.4, -0.2) is 80.2 Å². The first-order chi connectivity index (χ1) is 14.6. The molecule has 2 atom stereocenters. The van der Waals surface area contributed by atoms with Crippen LogP contribution >= 0.6 is 0 Å². The molecule has 1 aromatic heterocycles. The lowest BCUT2D eigenvalue weighted by molar-refractivity contribution is -0.131. The molecule has 2 aliphatic rings. The molecule has 2 amide bonds. The van der Waals surface area contributed by atoms with Crippen LogP contribution in [-0.2, 0) is 4.79 Å². The predicted molar refractivity (Wildman–Crippen MR) is 114 cm³/mol. The van der Waals surface area contributed by atoms with Crippen LogP contribution in [0, 0.1) is 0 Å². The summed E-state index contributed by atoms with van der Waals surface area (Å²) in [6, 6.07) is 5.54. The Morgan fingerprint density at radius 1 is 1.33 bits per heavy atom. The molecule has 2 aromatic rings. The van der Waals surface area contributed by atoms with Crippen molar-refractivity contribution in [2.24, 2.45) is 4.99 Å².